The van der Waals surface area contributed by atoms with Gasteiger partial charge in [-0.15, -0.1) is 0 Å². The van der Waals surface area contributed by atoms with Crippen LogP contribution in [0.5, 0.6) is 5.75 Å². The van der Waals surface area contributed by atoms with Crippen molar-refractivity contribution < 1.29 is 9.53 Å². The third-order valence-corrected chi connectivity index (χ3v) is 5.66. The number of nitrogens with one attached hydrogen (secondary N) is 1. The number of carbonyl (C=O) groups excluding carboxylic acids is 1. The molecule has 6 heteroatoms. The van der Waals surface area contributed by atoms with E-state index in [0.717, 1.165) is 42.1 Å². The first-order valence-electron chi connectivity index (χ1n) is 11.1. The van der Waals surface area contributed by atoms with E-state index < -0.39 is 0 Å². The van der Waals surface area contributed by atoms with Crippen molar-refractivity contribution >= 4 is 11.5 Å². The summed E-state index contributed by atoms with van der Waals surface area (Å²) in [4.78, 5) is 14.6. The molecule has 1 aliphatic rings. The van der Waals surface area contributed by atoms with Crippen LogP contribution in [0.4, 0.5) is 0 Å². The summed E-state index contributed by atoms with van der Waals surface area (Å²) in [6, 6.07) is 16.2. The number of rotatable bonds is 8. The van der Waals surface area contributed by atoms with Crippen LogP contribution in [0.2, 0.25) is 0 Å². The highest BCUT2D eigenvalue weighted by Gasteiger charge is 2.17. The molecule has 0 bridgehead atoms. The van der Waals surface area contributed by atoms with Crippen molar-refractivity contribution in [3.8, 4) is 11.4 Å². The fraction of sp³-hybridized carbons (Fsp3) is 0.308. The number of para-hydroxylation sites is 1. The molecule has 0 saturated carbocycles. The maximum absolute atomic E-state index is 12.5. The van der Waals surface area contributed by atoms with Crippen LogP contribution in [0.25, 0.3) is 11.3 Å². The first-order chi connectivity index (χ1) is 15.6. The number of ether oxygens (including phenoxy) is 1. The Morgan fingerprint density at radius 2 is 1.97 bits per heavy atom. The van der Waals surface area contributed by atoms with Gasteiger partial charge in [0.25, 0.3) is 0 Å². The van der Waals surface area contributed by atoms with Gasteiger partial charge in [-0.25, -0.2) is 4.68 Å². The first kappa shape index (κ1) is 21.8. The Bertz CT molecular complexity index is 1090. The lowest BCUT2D eigenvalue weighted by Crippen LogP contribution is -2.39. The van der Waals surface area contributed by atoms with Gasteiger partial charge in [0, 0.05) is 37.0 Å². The first-order valence-corrected chi connectivity index (χ1v) is 11.1. The monoisotopic (exact) mass is 430 g/mol. The lowest BCUT2D eigenvalue weighted by atomic mass is 10.0. The molecule has 2 aromatic carbocycles. The zero-order valence-corrected chi connectivity index (χ0v) is 18.8. The molecule has 1 aliphatic heterocycles. The highest BCUT2D eigenvalue weighted by molar-refractivity contribution is 5.78. The van der Waals surface area contributed by atoms with Crippen molar-refractivity contribution in [2.45, 2.75) is 26.8 Å². The van der Waals surface area contributed by atoms with Crippen molar-refractivity contribution in [1.29, 1.82) is 0 Å². The van der Waals surface area contributed by atoms with Gasteiger partial charge in [0.15, 0.2) is 0 Å². The molecule has 2 heterocycles. The molecular weight excluding hydrogens is 400 g/mol. The lowest BCUT2D eigenvalue weighted by molar-refractivity contribution is -0.122. The highest BCUT2D eigenvalue weighted by atomic mass is 16.5. The van der Waals surface area contributed by atoms with Crippen LogP contribution in [0.15, 0.2) is 67.0 Å². The Kier molecular flexibility index (Phi) is 7.02. The third kappa shape index (κ3) is 5.45. The number of aromatic nitrogens is 2. The molecule has 1 N–H and O–H groups in total. The standard InChI is InChI=1S/C26H30N4O2/c1-3-32-25-7-5-4-6-22(25)16-27-26(31)19-29-14-12-21(13-15-29)23-17-28-30(18-23)24-10-8-20(2)9-11-24/h4-12,17-18H,3,13-16,19H2,1-2H3,(H,27,31). The van der Waals surface area contributed by atoms with E-state index in [1.807, 2.05) is 42.1 Å². The molecule has 1 aromatic heterocycles. The molecular formula is C26H30N4O2. The van der Waals surface area contributed by atoms with Gasteiger partial charge < -0.3 is 10.1 Å². The molecule has 4 rings (SSSR count). The van der Waals surface area contributed by atoms with Gasteiger partial charge in [0.2, 0.25) is 5.91 Å². The molecule has 6 nitrogen and oxygen atoms in total. The van der Waals surface area contributed by atoms with Crippen molar-refractivity contribution in [1.82, 2.24) is 20.0 Å². The van der Waals surface area contributed by atoms with Crippen molar-refractivity contribution in [3.63, 3.8) is 0 Å². The molecule has 0 fully saturated rings. The zero-order valence-electron chi connectivity index (χ0n) is 18.8. The van der Waals surface area contributed by atoms with Gasteiger partial charge in [-0.1, -0.05) is 42.0 Å². The van der Waals surface area contributed by atoms with Crippen LogP contribution in [-0.4, -0.2) is 46.8 Å². The summed E-state index contributed by atoms with van der Waals surface area (Å²) in [7, 11) is 0. The van der Waals surface area contributed by atoms with Crippen molar-refractivity contribution in [2.24, 2.45) is 0 Å². The van der Waals surface area contributed by atoms with Gasteiger partial charge >= 0.3 is 0 Å². The maximum Gasteiger partial charge on any atom is 0.234 e. The van der Waals surface area contributed by atoms with E-state index in [1.165, 1.54) is 11.1 Å². The Morgan fingerprint density at radius 1 is 1.16 bits per heavy atom. The summed E-state index contributed by atoms with van der Waals surface area (Å²) in [5.74, 6) is 0.854. The maximum atomic E-state index is 12.5. The minimum Gasteiger partial charge on any atom is -0.494 e. The van der Waals surface area contributed by atoms with Crippen molar-refractivity contribution in [3.05, 3.63) is 83.7 Å². The Hall–Kier alpha value is -3.38. The van der Waals surface area contributed by atoms with Crippen LogP contribution in [0, 0.1) is 6.92 Å². The highest BCUT2D eigenvalue weighted by Crippen LogP contribution is 2.23. The Morgan fingerprint density at radius 3 is 2.72 bits per heavy atom. The molecule has 0 atom stereocenters. The van der Waals surface area contributed by atoms with Crippen LogP contribution < -0.4 is 10.1 Å². The normalized spacial score (nSPS) is 14.1. The van der Waals surface area contributed by atoms with Crippen LogP contribution in [-0.2, 0) is 11.3 Å². The average molecular weight is 431 g/mol. The van der Waals surface area contributed by atoms with E-state index >= 15 is 0 Å². The van der Waals surface area contributed by atoms with Gasteiger partial charge in [0.05, 0.1) is 25.0 Å². The molecule has 166 valence electrons. The molecule has 0 unspecified atom stereocenters. The number of benzene rings is 2. The third-order valence-electron chi connectivity index (χ3n) is 5.66. The second-order valence-corrected chi connectivity index (χ2v) is 8.04. The van der Waals surface area contributed by atoms with E-state index in [-0.39, 0.29) is 5.91 Å². The number of hydrogen-bond acceptors (Lipinski definition) is 4. The Labute approximate surface area is 189 Å². The molecule has 0 radical (unpaired) electrons. The number of hydrogen-bond donors (Lipinski definition) is 1. The average Bonchev–Trinajstić information content (AvgIpc) is 3.30. The largest absolute Gasteiger partial charge is 0.494 e. The topological polar surface area (TPSA) is 59.4 Å². The van der Waals surface area contributed by atoms with E-state index in [9.17, 15) is 4.79 Å². The fourth-order valence-corrected chi connectivity index (χ4v) is 3.84. The molecule has 1 amide bonds. The molecule has 32 heavy (non-hydrogen) atoms. The summed E-state index contributed by atoms with van der Waals surface area (Å²) >= 11 is 0. The predicted octanol–water partition coefficient (Wildman–Crippen LogP) is 3.98. The summed E-state index contributed by atoms with van der Waals surface area (Å²) in [6.07, 6.45) is 7.11. The molecule has 0 aliphatic carbocycles. The van der Waals surface area contributed by atoms with E-state index in [2.05, 4.69) is 58.8 Å². The van der Waals surface area contributed by atoms with Gasteiger partial charge in [-0.05, 0) is 44.0 Å². The Balaban J connectivity index is 1.29. The SMILES string of the molecule is CCOc1ccccc1CNC(=O)CN1CC=C(c2cnn(-c3ccc(C)cc3)c2)CC1. The fourth-order valence-electron chi connectivity index (χ4n) is 3.84. The zero-order chi connectivity index (χ0) is 22.3. The number of carbonyl (C=O) groups is 1. The second kappa shape index (κ2) is 10.3. The number of nitrogens with zero attached hydrogens (tertiary/aromatic N) is 3. The van der Waals surface area contributed by atoms with E-state index in [4.69, 9.17) is 4.74 Å². The summed E-state index contributed by atoms with van der Waals surface area (Å²) < 4.78 is 7.54. The smallest absolute Gasteiger partial charge is 0.234 e. The molecule has 0 spiro atoms. The predicted molar refractivity (Wildman–Crippen MR) is 127 cm³/mol. The van der Waals surface area contributed by atoms with Gasteiger partial charge in [0.1, 0.15) is 5.75 Å². The molecule has 3 aromatic rings. The van der Waals surface area contributed by atoms with Crippen LogP contribution in [0.3, 0.4) is 0 Å². The van der Waals surface area contributed by atoms with Crippen LogP contribution >= 0.6 is 0 Å². The van der Waals surface area contributed by atoms with E-state index in [1.54, 1.807) is 0 Å². The quantitative estimate of drug-likeness (QED) is 0.587. The van der Waals surface area contributed by atoms with E-state index in [0.29, 0.717) is 19.7 Å². The van der Waals surface area contributed by atoms with Gasteiger partial charge in [-0.2, -0.15) is 5.10 Å². The minimum absolute atomic E-state index is 0.0281. The number of amides is 1. The summed E-state index contributed by atoms with van der Waals surface area (Å²) in [6.45, 7) is 7.12. The van der Waals surface area contributed by atoms with Crippen molar-refractivity contribution in [2.75, 3.05) is 26.2 Å². The van der Waals surface area contributed by atoms with Crippen LogP contribution in [0.1, 0.15) is 30.0 Å². The summed E-state index contributed by atoms with van der Waals surface area (Å²) in [5, 5.41) is 7.54. The summed E-state index contributed by atoms with van der Waals surface area (Å²) in [5.41, 5.74) is 5.71. The second-order valence-electron chi connectivity index (χ2n) is 8.04. The molecule has 0 saturated heterocycles. The van der Waals surface area contributed by atoms with Gasteiger partial charge in [-0.3, -0.25) is 9.69 Å². The number of aryl methyl sites for hydroxylation is 1. The minimum atomic E-state index is 0.0281. The lowest BCUT2D eigenvalue weighted by Gasteiger charge is -2.25.